The van der Waals surface area contributed by atoms with Crippen LogP contribution in [0.15, 0.2) is 18.3 Å². The first kappa shape index (κ1) is 14.8. The number of pyridine rings is 1. The molecule has 20 heavy (non-hydrogen) atoms. The number of carbonyl (C=O) groups excluding carboxylic acids is 1. The third-order valence-electron chi connectivity index (χ3n) is 4.02. The molecule has 110 valence electrons. The lowest BCUT2D eigenvalue weighted by Crippen LogP contribution is -2.49. The van der Waals surface area contributed by atoms with Gasteiger partial charge in [-0.15, -0.1) is 0 Å². The number of aromatic nitrogens is 1. The van der Waals surface area contributed by atoms with Gasteiger partial charge in [-0.2, -0.15) is 0 Å². The molecule has 1 saturated heterocycles. The van der Waals surface area contributed by atoms with Crippen molar-refractivity contribution in [2.24, 2.45) is 5.92 Å². The van der Waals surface area contributed by atoms with Crippen LogP contribution in [0.3, 0.4) is 0 Å². The van der Waals surface area contributed by atoms with Gasteiger partial charge in [0, 0.05) is 26.8 Å². The lowest BCUT2D eigenvalue weighted by atomic mass is 9.91. The van der Waals surface area contributed by atoms with Crippen LogP contribution in [0.2, 0.25) is 0 Å². The maximum atomic E-state index is 12.6. The average molecular weight is 277 g/mol. The van der Waals surface area contributed by atoms with Crippen LogP contribution >= 0.6 is 0 Å². The summed E-state index contributed by atoms with van der Waals surface area (Å²) in [7, 11) is 3.83. The van der Waals surface area contributed by atoms with Crippen molar-refractivity contribution < 1.29 is 9.90 Å². The molecule has 1 aromatic rings. The molecule has 1 aliphatic heterocycles. The first-order chi connectivity index (χ1) is 9.54. The second-order valence-electron chi connectivity index (χ2n) is 5.67. The largest absolute Gasteiger partial charge is 0.394 e. The van der Waals surface area contributed by atoms with Gasteiger partial charge in [0.15, 0.2) is 0 Å². The van der Waals surface area contributed by atoms with Gasteiger partial charge >= 0.3 is 0 Å². The molecule has 0 spiro atoms. The molecule has 0 radical (unpaired) electrons. The Bertz CT molecular complexity index is 459. The van der Waals surface area contributed by atoms with Gasteiger partial charge in [-0.3, -0.25) is 4.79 Å². The zero-order chi connectivity index (χ0) is 14.7. The van der Waals surface area contributed by atoms with Crippen LogP contribution in [-0.2, 0) is 0 Å². The van der Waals surface area contributed by atoms with Gasteiger partial charge in [-0.05, 0) is 30.9 Å². The molecular formula is C15H23N3O2. The Morgan fingerprint density at radius 1 is 1.50 bits per heavy atom. The highest BCUT2D eigenvalue weighted by molar-refractivity contribution is 5.94. The van der Waals surface area contributed by atoms with Gasteiger partial charge in [0.2, 0.25) is 0 Å². The number of piperidine rings is 1. The van der Waals surface area contributed by atoms with Gasteiger partial charge in [0.25, 0.3) is 5.91 Å². The Morgan fingerprint density at radius 2 is 2.25 bits per heavy atom. The molecule has 1 aliphatic rings. The lowest BCUT2D eigenvalue weighted by molar-refractivity contribution is 0.0358. The van der Waals surface area contributed by atoms with E-state index in [1.165, 1.54) is 0 Å². The van der Waals surface area contributed by atoms with Crippen LogP contribution in [0.4, 0.5) is 5.82 Å². The topological polar surface area (TPSA) is 56.7 Å². The van der Waals surface area contributed by atoms with E-state index in [4.69, 9.17) is 0 Å². The number of aliphatic hydroxyl groups excluding tert-OH is 1. The van der Waals surface area contributed by atoms with Gasteiger partial charge in [-0.1, -0.05) is 6.92 Å². The van der Waals surface area contributed by atoms with Crippen molar-refractivity contribution in [1.29, 1.82) is 0 Å². The maximum Gasteiger partial charge on any atom is 0.255 e. The van der Waals surface area contributed by atoms with E-state index < -0.39 is 0 Å². The molecule has 0 aromatic carbocycles. The molecule has 5 nitrogen and oxygen atoms in total. The average Bonchev–Trinajstić information content (AvgIpc) is 2.46. The van der Waals surface area contributed by atoms with Crippen molar-refractivity contribution in [1.82, 2.24) is 9.88 Å². The summed E-state index contributed by atoms with van der Waals surface area (Å²) in [6.45, 7) is 2.83. The monoisotopic (exact) mass is 277 g/mol. The quantitative estimate of drug-likeness (QED) is 0.907. The van der Waals surface area contributed by atoms with Gasteiger partial charge in [0.1, 0.15) is 5.82 Å². The van der Waals surface area contributed by atoms with Crippen LogP contribution in [0.5, 0.6) is 0 Å². The van der Waals surface area contributed by atoms with E-state index in [-0.39, 0.29) is 18.6 Å². The van der Waals surface area contributed by atoms with E-state index in [2.05, 4.69) is 11.9 Å². The number of nitrogens with zero attached hydrogens (tertiary/aromatic N) is 3. The smallest absolute Gasteiger partial charge is 0.255 e. The number of rotatable bonds is 3. The Balaban J connectivity index is 2.17. The number of carbonyl (C=O) groups is 1. The van der Waals surface area contributed by atoms with Crippen molar-refractivity contribution in [3.05, 3.63) is 23.9 Å². The molecule has 2 atom stereocenters. The summed E-state index contributed by atoms with van der Waals surface area (Å²) in [4.78, 5) is 20.5. The fraction of sp³-hybridized carbons (Fsp3) is 0.600. The van der Waals surface area contributed by atoms with Crippen molar-refractivity contribution in [3.63, 3.8) is 0 Å². The zero-order valence-corrected chi connectivity index (χ0v) is 12.4. The van der Waals surface area contributed by atoms with Gasteiger partial charge < -0.3 is 14.9 Å². The normalized spacial score (nSPS) is 22.7. The number of amides is 1. The number of hydrogen-bond acceptors (Lipinski definition) is 4. The minimum atomic E-state index is -0.0789. The van der Waals surface area contributed by atoms with E-state index in [1.54, 1.807) is 17.2 Å². The molecule has 0 saturated carbocycles. The molecule has 0 aliphatic carbocycles. The predicted molar refractivity (Wildman–Crippen MR) is 78.9 cm³/mol. The summed E-state index contributed by atoms with van der Waals surface area (Å²) in [6, 6.07) is 3.57. The highest BCUT2D eigenvalue weighted by Crippen LogP contribution is 2.24. The third-order valence-corrected chi connectivity index (χ3v) is 4.02. The van der Waals surface area contributed by atoms with Gasteiger partial charge in [0.05, 0.1) is 18.2 Å². The SMILES string of the molecule is CC1CCCN(C(=O)c2ccc(N(C)C)nc2)C1CO. The molecule has 1 amide bonds. The highest BCUT2D eigenvalue weighted by atomic mass is 16.3. The molecular weight excluding hydrogens is 254 g/mol. The van der Waals surface area contributed by atoms with E-state index in [0.717, 1.165) is 18.7 Å². The summed E-state index contributed by atoms with van der Waals surface area (Å²) < 4.78 is 0. The highest BCUT2D eigenvalue weighted by Gasteiger charge is 2.31. The van der Waals surface area contributed by atoms with E-state index >= 15 is 0 Å². The maximum absolute atomic E-state index is 12.6. The Labute approximate surface area is 120 Å². The van der Waals surface area contributed by atoms with E-state index in [0.29, 0.717) is 18.0 Å². The van der Waals surface area contributed by atoms with E-state index in [1.807, 2.05) is 25.1 Å². The minimum Gasteiger partial charge on any atom is -0.394 e. The standard InChI is InChI=1S/C15H23N3O2/c1-11-5-4-8-18(13(11)10-19)15(20)12-6-7-14(16-9-12)17(2)3/h6-7,9,11,13,19H,4-5,8,10H2,1-3H3. The molecule has 1 aromatic heterocycles. The van der Waals surface area contributed by atoms with Crippen LogP contribution in [0, 0.1) is 5.92 Å². The van der Waals surface area contributed by atoms with Crippen LogP contribution in [0.25, 0.3) is 0 Å². The van der Waals surface area contributed by atoms with Crippen LogP contribution in [0.1, 0.15) is 30.1 Å². The first-order valence-corrected chi connectivity index (χ1v) is 7.09. The number of aliphatic hydroxyl groups is 1. The van der Waals surface area contributed by atoms with Crippen molar-refractivity contribution in [2.75, 3.05) is 32.1 Å². The van der Waals surface area contributed by atoms with E-state index in [9.17, 15) is 9.90 Å². The zero-order valence-electron chi connectivity index (χ0n) is 12.4. The second-order valence-corrected chi connectivity index (χ2v) is 5.67. The molecule has 5 heteroatoms. The molecule has 1 N–H and O–H groups in total. The first-order valence-electron chi connectivity index (χ1n) is 7.09. The summed E-state index contributed by atoms with van der Waals surface area (Å²) in [6.07, 6.45) is 3.67. The van der Waals surface area contributed by atoms with Crippen molar-refractivity contribution >= 4 is 11.7 Å². The number of likely N-dealkylation sites (tertiary alicyclic amines) is 1. The summed E-state index contributed by atoms with van der Waals surface area (Å²) in [5.41, 5.74) is 0.586. The molecule has 2 unspecified atom stereocenters. The fourth-order valence-corrected chi connectivity index (χ4v) is 2.72. The molecule has 2 heterocycles. The van der Waals surface area contributed by atoms with Crippen molar-refractivity contribution in [3.8, 4) is 0 Å². The second kappa shape index (κ2) is 6.22. The minimum absolute atomic E-state index is 0.0239. The lowest BCUT2D eigenvalue weighted by Gasteiger charge is -2.39. The molecule has 1 fully saturated rings. The molecule has 0 bridgehead atoms. The summed E-state index contributed by atoms with van der Waals surface area (Å²) in [5, 5.41) is 9.53. The predicted octanol–water partition coefficient (Wildman–Crippen LogP) is 1.38. The Morgan fingerprint density at radius 3 is 2.80 bits per heavy atom. The van der Waals surface area contributed by atoms with Crippen LogP contribution in [-0.4, -0.2) is 54.2 Å². The Kier molecular flexibility index (Phi) is 4.60. The van der Waals surface area contributed by atoms with Crippen molar-refractivity contribution in [2.45, 2.75) is 25.8 Å². The van der Waals surface area contributed by atoms with Gasteiger partial charge in [-0.25, -0.2) is 4.98 Å². The summed E-state index contributed by atoms with van der Waals surface area (Å²) >= 11 is 0. The third kappa shape index (κ3) is 2.93. The summed E-state index contributed by atoms with van der Waals surface area (Å²) in [5.74, 6) is 1.13. The molecule has 2 rings (SSSR count). The fourth-order valence-electron chi connectivity index (χ4n) is 2.72. The Hall–Kier alpha value is -1.62. The van der Waals surface area contributed by atoms with Crippen LogP contribution < -0.4 is 4.90 Å². The number of hydrogen-bond donors (Lipinski definition) is 1. The number of anilines is 1.